The highest BCUT2D eigenvalue weighted by Crippen LogP contribution is 2.13. The Hall–Kier alpha value is -1.08. The van der Waals surface area contributed by atoms with E-state index in [2.05, 4.69) is 11.4 Å². The second kappa shape index (κ2) is 7.24. The molecule has 0 radical (unpaired) electrons. The van der Waals surface area contributed by atoms with Crippen molar-refractivity contribution in [3.8, 4) is 6.07 Å². The van der Waals surface area contributed by atoms with Gasteiger partial charge in [-0.3, -0.25) is 4.79 Å². The lowest BCUT2D eigenvalue weighted by molar-refractivity contribution is -0.123. The Morgan fingerprint density at radius 1 is 1.56 bits per heavy atom. The first kappa shape index (κ1) is 13.0. The van der Waals surface area contributed by atoms with Crippen molar-refractivity contribution >= 4 is 5.91 Å². The van der Waals surface area contributed by atoms with Gasteiger partial charge in [0.25, 0.3) is 0 Å². The fourth-order valence-electron chi connectivity index (χ4n) is 1.86. The number of nitrogens with zero attached hydrogens (tertiary/aromatic N) is 1. The summed E-state index contributed by atoms with van der Waals surface area (Å²) in [5.41, 5.74) is 0. The van der Waals surface area contributed by atoms with Crippen molar-refractivity contribution in [1.29, 1.82) is 5.26 Å². The molecule has 90 valence electrons. The van der Waals surface area contributed by atoms with E-state index in [1.165, 1.54) is 0 Å². The molecule has 16 heavy (non-hydrogen) atoms. The molecule has 1 unspecified atom stereocenters. The minimum atomic E-state index is -0.482. The number of hydrogen-bond acceptors (Lipinski definition) is 3. The molecular weight excluding hydrogens is 204 g/mol. The van der Waals surface area contributed by atoms with Crippen LogP contribution >= 0.6 is 0 Å². The van der Waals surface area contributed by atoms with Gasteiger partial charge in [0.1, 0.15) is 5.92 Å². The second-order valence-corrected chi connectivity index (χ2v) is 4.27. The van der Waals surface area contributed by atoms with Crippen molar-refractivity contribution < 1.29 is 9.53 Å². The normalized spacial score (nSPS) is 18.8. The zero-order valence-corrected chi connectivity index (χ0v) is 9.87. The SMILES string of the molecule is CCCC(C#N)C(=O)NCC1CCOCC1. The summed E-state index contributed by atoms with van der Waals surface area (Å²) in [6.07, 6.45) is 3.52. The molecule has 1 aliphatic rings. The summed E-state index contributed by atoms with van der Waals surface area (Å²) < 4.78 is 5.25. The Kier molecular flexibility index (Phi) is 5.87. The maximum Gasteiger partial charge on any atom is 0.237 e. The van der Waals surface area contributed by atoms with Gasteiger partial charge in [0.05, 0.1) is 6.07 Å². The van der Waals surface area contributed by atoms with Gasteiger partial charge < -0.3 is 10.1 Å². The number of nitrogens with one attached hydrogen (secondary N) is 1. The van der Waals surface area contributed by atoms with Crippen molar-refractivity contribution in [2.45, 2.75) is 32.6 Å². The van der Waals surface area contributed by atoms with Gasteiger partial charge in [-0.25, -0.2) is 0 Å². The van der Waals surface area contributed by atoms with Crippen molar-refractivity contribution in [2.75, 3.05) is 19.8 Å². The number of carbonyl (C=O) groups is 1. The van der Waals surface area contributed by atoms with Crippen molar-refractivity contribution in [1.82, 2.24) is 5.32 Å². The molecule has 0 bridgehead atoms. The fourth-order valence-corrected chi connectivity index (χ4v) is 1.86. The first-order valence-electron chi connectivity index (χ1n) is 6.03. The van der Waals surface area contributed by atoms with Crippen LogP contribution < -0.4 is 5.32 Å². The molecule has 1 fully saturated rings. The maximum absolute atomic E-state index is 11.6. The number of carbonyl (C=O) groups excluding carboxylic acids is 1. The molecule has 4 nitrogen and oxygen atoms in total. The quantitative estimate of drug-likeness (QED) is 0.769. The molecule has 1 amide bonds. The van der Waals surface area contributed by atoms with Gasteiger partial charge in [0.15, 0.2) is 0 Å². The van der Waals surface area contributed by atoms with E-state index in [-0.39, 0.29) is 5.91 Å². The van der Waals surface area contributed by atoms with Gasteiger partial charge in [-0.1, -0.05) is 13.3 Å². The monoisotopic (exact) mass is 224 g/mol. The van der Waals surface area contributed by atoms with Crippen molar-refractivity contribution in [2.24, 2.45) is 11.8 Å². The third-order valence-electron chi connectivity index (χ3n) is 2.96. The second-order valence-electron chi connectivity index (χ2n) is 4.27. The Morgan fingerprint density at radius 3 is 2.81 bits per heavy atom. The van der Waals surface area contributed by atoms with E-state index in [1.54, 1.807) is 0 Å². The highest BCUT2D eigenvalue weighted by atomic mass is 16.5. The summed E-state index contributed by atoms with van der Waals surface area (Å²) in [7, 11) is 0. The van der Waals surface area contributed by atoms with E-state index < -0.39 is 5.92 Å². The molecule has 0 aromatic carbocycles. The van der Waals surface area contributed by atoms with Gasteiger partial charge in [-0.05, 0) is 25.2 Å². The predicted molar refractivity (Wildman–Crippen MR) is 60.6 cm³/mol. The van der Waals surface area contributed by atoms with Crippen LogP contribution in [0, 0.1) is 23.2 Å². The lowest BCUT2D eigenvalue weighted by Crippen LogP contribution is -2.35. The lowest BCUT2D eigenvalue weighted by atomic mass is 9.99. The molecule has 1 saturated heterocycles. The Labute approximate surface area is 97.0 Å². The third kappa shape index (κ3) is 4.19. The molecule has 1 atom stereocenters. The smallest absolute Gasteiger partial charge is 0.237 e. The van der Waals surface area contributed by atoms with Crippen LogP contribution in [0.15, 0.2) is 0 Å². The van der Waals surface area contributed by atoms with E-state index in [9.17, 15) is 4.79 Å². The van der Waals surface area contributed by atoms with E-state index in [0.717, 1.165) is 32.5 Å². The molecule has 4 heteroatoms. The van der Waals surface area contributed by atoms with Gasteiger partial charge in [-0.2, -0.15) is 5.26 Å². The number of nitriles is 1. The number of rotatable bonds is 5. The molecule has 0 spiro atoms. The largest absolute Gasteiger partial charge is 0.381 e. The average molecular weight is 224 g/mol. The molecule has 0 saturated carbocycles. The van der Waals surface area contributed by atoms with E-state index >= 15 is 0 Å². The van der Waals surface area contributed by atoms with Crippen LogP contribution in [0.1, 0.15) is 32.6 Å². The topological polar surface area (TPSA) is 62.1 Å². The van der Waals surface area contributed by atoms with Gasteiger partial charge in [0, 0.05) is 19.8 Å². The molecule has 1 aliphatic heterocycles. The third-order valence-corrected chi connectivity index (χ3v) is 2.96. The van der Waals surface area contributed by atoms with Gasteiger partial charge >= 0.3 is 0 Å². The van der Waals surface area contributed by atoms with E-state index in [1.807, 2.05) is 6.92 Å². The predicted octanol–water partition coefficient (Wildman–Crippen LogP) is 1.47. The Morgan fingerprint density at radius 2 is 2.25 bits per heavy atom. The maximum atomic E-state index is 11.6. The van der Waals surface area contributed by atoms with Crippen molar-refractivity contribution in [3.05, 3.63) is 0 Å². The summed E-state index contributed by atoms with van der Waals surface area (Å²) in [5.74, 6) is -0.0839. The van der Waals surface area contributed by atoms with Crippen LogP contribution in [-0.4, -0.2) is 25.7 Å². The minimum absolute atomic E-state index is 0.115. The molecule has 1 rings (SSSR count). The number of amides is 1. The first-order valence-corrected chi connectivity index (χ1v) is 6.03. The lowest BCUT2D eigenvalue weighted by Gasteiger charge is -2.22. The van der Waals surface area contributed by atoms with Crippen LogP contribution in [-0.2, 0) is 9.53 Å². The molecule has 0 aliphatic carbocycles. The number of hydrogen-bond donors (Lipinski definition) is 1. The van der Waals surface area contributed by atoms with Crippen LogP contribution in [0.5, 0.6) is 0 Å². The summed E-state index contributed by atoms with van der Waals surface area (Å²) in [6, 6.07) is 2.05. The Balaban J connectivity index is 2.25. The fraction of sp³-hybridized carbons (Fsp3) is 0.833. The summed E-state index contributed by atoms with van der Waals surface area (Å²) in [6.45, 7) is 4.24. The van der Waals surface area contributed by atoms with Crippen LogP contribution in [0.3, 0.4) is 0 Å². The first-order chi connectivity index (χ1) is 7.77. The molecular formula is C12H20N2O2. The zero-order chi connectivity index (χ0) is 11.8. The van der Waals surface area contributed by atoms with Crippen molar-refractivity contribution in [3.63, 3.8) is 0 Å². The van der Waals surface area contributed by atoms with Crippen LogP contribution in [0.2, 0.25) is 0 Å². The molecule has 1 N–H and O–H groups in total. The zero-order valence-electron chi connectivity index (χ0n) is 9.87. The molecule has 1 heterocycles. The molecule has 0 aromatic heterocycles. The average Bonchev–Trinajstić information content (AvgIpc) is 2.34. The summed E-state index contributed by atoms with van der Waals surface area (Å²) in [5, 5.41) is 11.7. The van der Waals surface area contributed by atoms with Gasteiger partial charge in [0.2, 0.25) is 5.91 Å². The van der Waals surface area contributed by atoms with Crippen LogP contribution in [0.25, 0.3) is 0 Å². The summed E-state index contributed by atoms with van der Waals surface area (Å²) >= 11 is 0. The van der Waals surface area contributed by atoms with Crippen LogP contribution in [0.4, 0.5) is 0 Å². The number of ether oxygens (including phenoxy) is 1. The van der Waals surface area contributed by atoms with E-state index in [0.29, 0.717) is 18.9 Å². The minimum Gasteiger partial charge on any atom is -0.381 e. The molecule has 0 aromatic rings. The standard InChI is InChI=1S/C12H20N2O2/c1-2-3-11(8-13)12(15)14-9-10-4-6-16-7-5-10/h10-11H,2-7,9H2,1H3,(H,14,15). The van der Waals surface area contributed by atoms with E-state index in [4.69, 9.17) is 10.00 Å². The van der Waals surface area contributed by atoms with Gasteiger partial charge in [-0.15, -0.1) is 0 Å². The Bertz CT molecular complexity index is 254. The summed E-state index contributed by atoms with van der Waals surface area (Å²) in [4.78, 5) is 11.6. The highest BCUT2D eigenvalue weighted by Gasteiger charge is 2.19. The highest BCUT2D eigenvalue weighted by molar-refractivity contribution is 5.80.